The van der Waals surface area contributed by atoms with Crippen molar-refractivity contribution in [2.45, 2.75) is 6.92 Å². The van der Waals surface area contributed by atoms with Gasteiger partial charge >= 0.3 is 0 Å². The predicted octanol–water partition coefficient (Wildman–Crippen LogP) is 2.63. The van der Waals surface area contributed by atoms with Gasteiger partial charge in [-0.2, -0.15) is 0 Å². The van der Waals surface area contributed by atoms with Crippen LogP contribution in [-0.2, 0) is 4.79 Å². The molecule has 4 nitrogen and oxygen atoms in total. The van der Waals surface area contributed by atoms with Gasteiger partial charge in [-0.15, -0.1) is 0 Å². The molecule has 17 heavy (non-hydrogen) atoms. The first-order valence-electron chi connectivity index (χ1n) is 5.21. The molecule has 0 bridgehead atoms. The molecule has 0 saturated heterocycles. The number of anilines is 1. The average molecular weight is 228 g/mol. The van der Waals surface area contributed by atoms with Crippen LogP contribution in [0.2, 0.25) is 0 Å². The van der Waals surface area contributed by atoms with Crippen molar-refractivity contribution in [2.24, 2.45) is 0 Å². The molecule has 2 aromatic rings. The van der Waals surface area contributed by atoms with Gasteiger partial charge in [-0.3, -0.25) is 10.1 Å². The lowest BCUT2D eigenvalue weighted by atomic mass is 10.2. The van der Waals surface area contributed by atoms with Crippen molar-refractivity contribution in [3.8, 4) is 0 Å². The summed E-state index contributed by atoms with van der Waals surface area (Å²) in [5.74, 6) is 0.107. The van der Waals surface area contributed by atoms with Gasteiger partial charge < -0.3 is 4.52 Å². The molecule has 0 unspecified atom stereocenters. The highest BCUT2D eigenvalue weighted by Crippen LogP contribution is 2.08. The third-order valence-electron chi connectivity index (χ3n) is 2.10. The third kappa shape index (κ3) is 3.31. The number of nitrogens with zero attached hydrogens (tertiary/aromatic N) is 1. The molecule has 1 aromatic carbocycles. The Labute approximate surface area is 98.9 Å². The Hall–Kier alpha value is -2.36. The molecule has 0 aliphatic carbocycles. The minimum atomic E-state index is -0.245. The molecule has 2 rings (SSSR count). The molecule has 1 heterocycles. The number of amides is 1. The molecule has 0 aliphatic heterocycles. The van der Waals surface area contributed by atoms with Crippen LogP contribution in [0.5, 0.6) is 0 Å². The minimum absolute atomic E-state index is 0.245. The first kappa shape index (κ1) is 11.1. The van der Waals surface area contributed by atoms with Gasteiger partial charge in [0.2, 0.25) is 5.88 Å². The summed E-state index contributed by atoms with van der Waals surface area (Å²) in [6.45, 7) is 1.79. The second kappa shape index (κ2) is 5.12. The van der Waals surface area contributed by atoms with E-state index in [0.29, 0.717) is 5.88 Å². The second-order valence-corrected chi connectivity index (χ2v) is 3.57. The van der Waals surface area contributed by atoms with E-state index in [4.69, 9.17) is 4.52 Å². The van der Waals surface area contributed by atoms with Crippen LogP contribution in [0.1, 0.15) is 11.3 Å². The Morgan fingerprint density at radius 1 is 1.35 bits per heavy atom. The van der Waals surface area contributed by atoms with Gasteiger partial charge in [0.15, 0.2) is 0 Å². The number of benzene rings is 1. The fourth-order valence-corrected chi connectivity index (χ4v) is 1.32. The maximum atomic E-state index is 11.5. The maximum absolute atomic E-state index is 11.5. The standard InChI is InChI=1S/C13H12N2O2/c1-10-9-13(17-15-10)14-12(16)8-7-11-5-3-2-4-6-11/h2-9H,1H3,(H,14,16)/b8-7+. The van der Waals surface area contributed by atoms with Gasteiger partial charge in [-0.25, -0.2) is 0 Å². The molecule has 4 heteroatoms. The monoisotopic (exact) mass is 228 g/mol. The molecule has 1 aromatic heterocycles. The highest BCUT2D eigenvalue weighted by atomic mass is 16.5. The minimum Gasteiger partial charge on any atom is -0.338 e. The maximum Gasteiger partial charge on any atom is 0.250 e. The summed E-state index contributed by atoms with van der Waals surface area (Å²) in [6.07, 6.45) is 3.19. The van der Waals surface area contributed by atoms with Crippen LogP contribution in [0.15, 0.2) is 47.0 Å². The summed E-state index contributed by atoms with van der Waals surface area (Å²) < 4.78 is 4.87. The van der Waals surface area contributed by atoms with Gasteiger partial charge in [0, 0.05) is 12.1 Å². The van der Waals surface area contributed by atoms with Crippen LogP contribution < -0.4 is 5.32 Å². The molecule has 0 radical (unpaired) electrons. The molecule has 0 aliphatic rings. The Morgan fingerprint density at radius 2 is 2.12 bits per heavy atom. The summed E-state index contributed by atoms with van der Waals surface area (Å²) in [4.78, 5) is 11.5. The molecular weight excluding hydrogens is 216 g/mol. The molecular formula is C13H12N2O2. The number of nitrogens with one attached hydrogen (secondary N) is 1. The molecule has 0 fully saturated rings. The van der Waals surface area contributed by atoms with Gasteiger partial charge in [-0.05, 0) is 18.6 Å². The summed E-state index contributed by atoms with van der Waals surface area (Å²) >= 11 is 0. The Bertz CT molecular complexity index is 529. The van der Waals surface area contributed by atoms with E-state index in [0.717, 1.165) is 11.3 Å². The summed E-state index contributed by atoms with van der Waals surface area (Å²) in [7, 11) is 0. The number of carbonyl (C=O) groups is 1. The normalized spacial score (nSPS) is 10.6. The molecule has 0 spiro atoms. The molecule has 0 saturated carbocycles. The van der Waals surface area contributed by atoms with Crippen molar-refractivity contribution in [3.05, 3.63) is 53.7 Å². The Morgan fingerprint density at radius 3 is 2.76 bits per heavy atom. The van der Waals surface area contributed by atoms with E-state index >= 15 is 0 Å². The zero-order valence-corrected chi connectivity index (χ0v) is 9.38. The van der Waals surface area contributed by atoms with E-state index in [1.54, 1.807) is 19.1 Å². The van der Waals surface area contributed by atoms with Gasteiger partial charge in [0.1, 0.15) is 0 Å². The molecule has 86 valence electrons. The third-order valence-corrected chi connectivity index (χ3v) is 2.10. The fourth-order valence-electron chi connectivity index (χ4n) is 1.32. The Kier molecular flexibility index (Phi) is 3.35. The van der Waals surface area contributed by atoms with E-state index in [2.05, 4.69) is 10.5 Å². The van der Waals surface area contributed by atoms with Crippen molar-refractivity contribution in [3.63, 3.8) is 0 Å². The van der Waals surface area contributed by atoms with Crippen molar-refractivity contribution in [1.82, 2.24) is 5.16 Å². The van der Waals surface area contributed by atoms with Gasteiger partial charge in [-0.1, -0.05) is 35.5 Å². The predicted molar refractivity (Wildman–Crippen MR) is 65.3 cm³/mol. The summed E-state index contributed by atoms with van der Waals surface area (Å²) in [5.41, 5.74) is 1.70. The number of rotatable bonds is 3. The first-order valence-corrected chi connectivity index (χ1v) is 5.21. The van der Waals surface area contributed by atoms with Crippen LogP contribution in [0.25, 0.3) is 6.08 Å². The first-order chi connectivity index (χ1) is 8.24. The lowest BCUT2D eigenvalue weighted by Crippen LogP contribution is -2.06. The van der Waals surface area contributed by atoms with Crippen molar-refractivity contribution in [1.29, 1.82) is 0 Å². The topological polar surface area (TPSA) is 55.1 Å². The van der Waals surface area contributed by atoms with Crippen molar-refractivity contribution in [2.75, 3.05) is 5.32 Å². The van der Waals surface area contributed by atoms with E-state index < -0.39 is 0 Å². The second-order valence-electron chi connectivity index (χ2n) is 3.57. The highest BCUT2D eigenvalue weighted by Gasteiger charge is 2.02. The lowest BCUT2D eigenvalue weighted by molar-refractivity contribution is -0.112. The summed E-state index contributed by atoms with van der Waals surface area (Å²) in [5, 5.41) is 6.25. The number of aromatic nitrogens is 1. The fraction of sp³-hybridized carbons (Fsp3) is 0.0769. The highest BCUT2D eigenvalue weighted by molar-refractivity contribution is 6.01. The van der Waals surface area contributed by atoms with Crippen molar-refractivity contribution >= 4 is 17.9 Å². The van der Waals surface area contributed by atoms with E-state index in [-0.39, 0.29) is 5.91 Å². The van der Waals surface area contributed by atoms with Crippen LogP contribution in [0.3, 0.4) is 0 Å². The zero-order valence-electron chi connectivity index (χ0n) is 9.38. The van der Waals surface area contributed by atoms with Gasteiger partial charge in [0.05, 0.1) is 5.69 Å². The van der Waals surface area contributed by atoms with Crippen molar-refractivity contribution < 1.29 is 9.32 Å². The largest absolute Gasteiger partial charge is 0.338 e. The average Bonchev–Trinajstić information content (AvgIpc) is 2.73. The SMILES string of the molecule is Cc1cc(NC(=O)/C=C/c2ccccc2)on1. The number of hydrogen-bond acceptors (Lipinski definition) is 3. The van der Waals surface area contributed by atoms with Crippen LogP contribution in [0, 0.1) is 6.92 Å². The van der Waals surface area contributed by atoms with Crippen LogP contribution in [-0.4, -0.2) is 11.1 Å². The smallest absolute Gasteiger partial charge is 0.250 e. The number of hydrogen-bond donors (Lipinski definition) is 1. The van der Waals surface area contributed by atoms with Crippen LogP contribution >= 0.6 is 0 Å². The quantitative estimate of drug-likeness (QED) is 0.821. The zero-order chi connectivity index (χ0) is 12.1. The van der Waals surface area contributed by atoms with Crippen LogP contribution in [0.4, 0.5) is 5.88 Å². The summed E-state index contributed by atoms with van der Waals surface area (Å²) in [6, 6.07) is 11.3. The van der Waals surface area contributed by atoms with E-state index in [9.17, 15) is 4.79 Å². The van der Waals surface area contributed by atoms with Gasteiger partial charge in [0.25, 0.3) is 5.91 Å². The van der Waals surface area contributed by atoms with E-state index in [1.165, 1.54) is 6.08 Å². The lowest BCUT2D eigenvalue weighted by Gasteiger charge is -1.94. The number of aryl methyl sites for hydroxylation is 1. The molecule has 0 atom stereocenters. The molecule has 1 amide bonds. The Balaban J connectivity index is 1.96. The number of carbonyl (C=O) groups excluding carboxylic acids is 1. The van der Waals surface area contributed by atoms with E-state index in [1.807, 2.05) is 30.3 Å². The molecule has 1 N–H and O–H groups in total.